The van der Waals surface area contributed by atoms with Gasteiger partial charge in [-0.15, -0.1) is 11.3 Å². The molecule has 0 spiro atoms. The summed E-state index contributed by atoms with van der Waals surface area (Å²) in [4.78, 5) is 17.7. The van der Waals surface area contributed by atoms with Gasteiger partial charge in [-0.05, 0) is 29.0 Å². The van der Waals surface area contributed by atoms with E-state index in [9.17, 15) is 4.79 Å². The van der Waals surface area contributed by atoms with Crippen LogP contribution in [-0.4, -0.2) is 30.5 Å². The summed E-state index contributed by atoms with van der Waals surface area (Å²) >= 11 is 1.72. The molecule has 1 fully saturated rings. The van der Waals surface area contributed by atoms with Gasteiger partial charge in [-0.3, -0.25) is 4.79 Å². The molecule has 4 rings (SSSR count). The molecule has 1 aromatic heterocycles. The Morgan fingerprint density at radius 2 is 1.79 bits per heavy atom. The van der Waals surface area contributed by atoms with Crippen molar-refractivity contribution < 1.29 is 4.79 Å². The Morgan fingerprint density at radius 3 is 2.41 bits per heavy atom. The summed E-state index contributed by atoms with van der Waals surface area (Å²) in [5.74, 6) is 0.860. The number of hydrogen-bond acceptors (Lipinski definition) is 4. The third-order valence-corrected chi connectivity index (χ3v) is 6.53. The van der Waals surface area contributed by atoms with E-state index in [1.54, 1.807) is 11.3 Å². The fourth-order valence-corrected chi connectivity index (χ4v) is 4.26. The van der Waals surface area contributed by atoms with Gasteiger partial charge in [0, 0.05) is 31.4 Å². The lowest BCUT2D eigenvalue weighted by atomic mass is 10.0. The summed E-state index contributed by atoms with van der Waals surface area (Å²) in [6, 6.07) is 17.3. The van der Waals surface area contributed by atoms with Gasteiger partial charge in [0.15, 0.2) is 0 Å². The topological polar surface area (TPSA) is 54.0 Å². The van der Waals surface area contributed by atoms with Gasteiger partial charge in [0.05, 0.1) is 10.8 Å². The third kappa shape index (κ3) is 4.74. The van der Waals surface area contributed by atoms with Gasteiger partial charge < -0.3 is 10.6 Å². The second-order valence-electron chi connectivity index (χ2n) is 7.90. The molecule has 0 aliphatic carbocycles. The highest BCUT2D eigenvalue weighted by atomic mass is 32.1. The summed E-state index contributed by atoms with van der Waals surface area (Å²) in [5.41, 5.74) is 4.93. The van der Waals surface area contributed by atoms with E-state index in [1.807, 2.05) is 6.20 Å². The van der Waals surface area contributed by atoms with Crippen LogP contribution in [0.15, 0.2) is 54.7 Å². The van der Waals surface area contributed by atoms with Crippen molar-refractivity contribution in [2.24, 2.45) is 5.92 Å². The molecule has 0 bridgehead atoms. The van der Waals surface area contributed by atoms with Gasteiger partial charge in [0.1, 0.15) is 5.01 Å². The molecule has 0 unspecified atom stereocenters. The van der Waals surface area contributed by atoms with Crippen molar-refractivity contribution in [3.8, 4) is 21.0 Å². The van der Waals surface area contributed by atoms with Crippen LogP contribution in [0.5, 0.6) is 0 Å². The molecule has 0 atom stereocenters. The maximum absolute atomic E-state index is 11.9. The van der Waals surface area contributed by atoms with E-state index in [1.165, 1.54) is 21.6 Å². The number of aromatic nitrogens is 1. The first-order chi connectivity index (χ1) is 14.1. The molecule has 5 heteroatoms. The number of carbonyl (C=O) groups is 1. The molecule has 0 saturated carbocycles. The number of nitrogens with zero attached hydrogens (tertiary/aromatic N) is 1. The van der Waals surface area contributed by atoms with Crippen molar-refractivity contribution in [1.82, 2.24) is 15.6 Å². The highest BCUT2D eigenvalue weighted by Crippen LogP contribution is 2.32. The number of thiazole rings is 1. The highest BCUT2D eigenvalue weighted by molar-refractivity contribution is 7.18. The van der Waals surface area contributed by atoms with E-state index >= 15 is 0 Å². The molecular weight excluding hydrogens is 378 g/mol. The van der Waals surface area contributed by atoms with Crippen LogP contribution in [0.1, 0.15) is 30.9 Å². The molecule has 3 aromatic rings. The number of hydrogen-bond donors (Lipinski definition) is 2. The molecule has 150 valence electrons. The maximum atomic E-state index is 11.9. The van der Waals surface area contributed by atoms with Crippen LogP contribution < -0.4 is 10.6 Å². The Kier molecular flexibility index (Phi) is 6.07. The second kappa shape index (κ2) is 8.89. The molecule has 2 heterocycles. The van der Waals surface area contributed by atoms with Gasteiger partial charge in [-0.25, -0.2) is 4.98 Å². The molecule has 2 aromatic carbocycles. The van der Waals surface area contributed by atoms with Crippen LogP contribution in [0.4, 0.5) is 0 Å². The van der Waals surface area contributed by atoms with Crippen molar-refractivity contribution in [3.05, 3.63) is 65.9 Å². The molecule has 1 aliphatic heterocycles. The molecule has 29 heavy (non-hydrogen) atoms. The van der Waals surface area contributed by atoms with Gasteiger partial charge in [-0.1, -0.05) is 62.4 Å². The smallest absolute Gasteiger partial charge is 0.225 e. The van der Waals surface area contributed by atoms with E-state index in [-0.39, 0.29) is 11.8 Å². The predicted octanol–water partition coefficient (Wildman–Crippen LogP) is 4.48. The number of carbonyl (C=O) groups excluding carboxylic acids is 1. The van der Waals surface area contributed by atoms with E-state index < -0.39 is 0 Å². The van der Waals surface area contributed by atoms with Crippen molar-refractivity contribution >= 4 is 17.2 Å². The van der Waals surface area contributed by atoms with Crippen LogP contribution in [0.2, 0.25) is 0 Å². The molecule has 1 saturated heterocycles. The zero-order valence-corrected chi connectivity index (χ0v) is 17.8. The summed E-state index contributed by atoms with van der Waals surface area (Å²) in [7, 11) is 0. The minimum atomic E-state index is 0.151. The normalized spacial score (nSPS) is 14.0. The maximum Gasteiger partial charge on any atom is 0.225 e. The molecule has 2 N–H and O–H groups in total. The van der Waals surface area contributed by atoms with Crippen molar-refractivity contribution in [1.29, 1.82) is 0 Å². The zero-order valence-electron chi connectivity index (χ0n) is 16.9. The first kappa shape index (κ1) is 19.8. The van der Waals surface area contributed by atoms with Gasteiger partial charge in [-0.2, -0.15) is 0 Å². The molecule has 4 nitrogen and oxygen atoms in total. The van der Waals surface area contributed by atoms with Crippen LogP contribution in [0.3, 0.4) is 0 Å². The fraction of sp³-hybridized carbons (Fsp3) is 0.333. The number of benzene rings is 2. The van der Waals surface area contributed by atoms with E-state index in [0.29, 0.717) is 12.5 Å². The van der Waals surface area contributed by atoms with Crippen molar-refractivity contribution in [2.45, 2.75) is 26.2 Å². The lowest BCUT2D eigenvalue weighted by Gasteiger charge is -2.25. The SMILES string of the molecule is CC(C)c1ccc(-c2cnc(-c3ccc(CCNC(=O)C4CNC4)cc3)s2)cc1. The summed E-state index contributed by atoms with van der Waals surface area (Å²) in [6.45, 7) is 6.71. The standard InChI is InChI=1S/C24H27N3OS/c1-16(2)18-7-9-19(10-8-18)22-15-27-24(29-22)20-5-3-17(4-6-20)11-12-26-23(28)21-13-25-14-21/h3-10,15-16,21,25H,11-14H2,1-2H3,(H,26,28). The van der Waals surface area contributed by atoms with Crippen LogP contribution in [0, 0.1) is 5.92 Å². The number of rotatable bonds is 7. The Balaban J connectivity index is 1.36. The van der Waals surface area contributed by atoms with E-state index in [2.05, 4.69) is 78.0 Å². The molecule has 1 aliphatic rings. The van der Waals surface area contributed by atoms with E-state index in [4.69, 9.17) is 0 Å². The third-order valence-electron chi connectivity index (χ3n) is 5.43. The molecule has 1 amide bonds. The second-order valence-corrected chi connectivity index (χ2v) is 8.93. The average molecular weight is 406 g/mol. The van der Waals surface area contributed by atoms with Gasteiger partial charge in [0.2, 0.25) is 5.91 Å². The van der Waals surface area contributed by atoms with Crippen LogP contribution >= 0.6 is 11.3 Å². The quantitative estimate of drug-likeness (QED) is 0.609. The number of amides is 1. The van der Waals surface area contributed by atoms with Crippen LogP contribution in [-0.2, 0) is 11.2 Å². The van der Waals surface area contributed by atoms with E-state index in [0.717, 1.165) is 30.1 Å². The summed E-state index contributed by atoms with van der Waals surface area (Å²) in [6.07, 6.45) is 2.81. The predicted molar refractivity (Wildman–Crippen MR) is 120 cm³/mol. The van der Waals surface area contributed by atoms with Gasteiger partial charge >= 0.3 is 0 Å². The van der Waals surface area contributed by atoms with Gasteiger partial charge in [0.25, 0.3) is 0 Å². The first-order valence-corrected chi connectivity index (χ1v) is 11.1. The minimum absolute atomic E-state index is 0.151. The van der Waals surface area contributed by atoms with Crippen molar-refractivity contribution in [3.63, 3.8) is 0 Å². The lowest BCUT2D eigenvalue weighted by molar-refractivity contribution is -0.126. The zero-order chi connectivity index (χ0) is 20.2. The fourth-order valence-electron chi connectivity index (χ4n) is 3.34. The molecular formula is C24H27N3OS. The number of nitrogens with one attached hydrogen (secondary N) is 2. The van der Waals surface area contributed by atoms with Crippen LogP contribution in [0.25, 0.3) is 21.0 Å². The lowest BCUT2D eigenvalue weighted by Crippen LogP contribution is -2.51. The average Bonchev–Trinajstić information content (AvgIpc) is 3.17. The molecule has 0 radical (unpaired) electrons. The summed E-state index contributed by atoms with van der Waals surface area (Å²) < 4.78 is 0. The Hall–Kier alpha value is -2.50. The Morgan fingerprint density at radius 1 is 1.10 bits per heavy atom. The monoisotopic (exact) mass is 405 g/mol. The van der Waals surface area contributed by atoms with Crippen molar-refractivity contribution in [2.75, 3.05) is 19.6 Å². The largest absolute Gasteiger partial charge is 0.355 e. The Bertz CT molecular complexity index is 957. The minimum Gasteiger partial charge on any atom is -0.355 e. The summed E-state index contributed by atoms with van der Waals surface area (Å²) in [5, 5.41) is 7.18. The highest BCUT2D eigenvalue weighted by Gasteiger charge is 2.24. The Labute approximate surface area is 176 Å². The first-order valence-electron chi connectivity index (χ1n) is 10.2.